The molecule has 8 nitrogen and oxygen atoms in total. The van der Waals surface area contributed by atoms with Gasteiger partial charge in [0.1, 0.15) is 17.3 Å². The number of amides is 2. The molecule has 1 aromatic carbocycles. The van der Waals surface area contributed by atoms with Gasteiger partial charge in [0.05, 0.1) is 18.7 Å². The van der Waals surface area contributed by atoms with E-state index >= 15 is 0 Å². The quantitative estimate of drug-likeness (QED) is 0.464. The molecule has 0 aliphatic rings. The minimum atomic E-state index is -0.419. The van der Waals surface area contributed by atoms with Gasteiger partial charge in [-0.15, -0.1) is 0 Å². The lowest BCUT2D eigenvalue weighted by molar-refractivity contribution is 0.249. The van der Waals surface area contributed by atoms with Crippen molar-refractivity contribution in [2.24, 2.45) is 0 Å². The fourth-order valence-electron chi connectivity index (χ4n) is 3.05. The van der Waals surface area contributed by atoms with Crippen molar-refractivity contribution in [3.63, 3.8) is 0 Å². The molecule has 9 heteroatoms. The second-order valence-corrected chi connectivity index (χ2v) is 6.65. The van der Waals surface area contributed by atoms with Crippen LogP contribution in [0.15, 0.2) is 54.9 Å². The number of H-pyrrole nitrogens is 1. The summed E-state index contributed by atoms with van der Waals surface area (Å²) >= 11 is 0. The number of methoxy groups -OCH3 is 1. The van der Waals surface area contributed by atoms with Crippen molar-refractivity contribution in [1.29, 1.82) is 0 Å². The molecule has 0 radical (unpaired) electrons. The number of carbonyl (C=O) groups excluding carboxylic acids is 1. The zero-order valence-electron chi connectivity index (χ0n) is 16.3. The van der Waals surface area contributed by atoms with Gasteiger partial charge in [0.2, 0.25) is 5.88 Å². The Morgan fingerprint density at radius 1 is 1.17 bits per heavy atom. The summed E-state index contributed by atoms with van der Waals surface area (Å²) in [5, 5.41) is 13.6. The second-order valence-electron chi connectivity index (χ2n) is 6.65. The number of nitrogens with one attached hydrogen (secondary N) is 3. The van der Waals surface area contributed by atoms with Crippen LogP contribution in [0.4, 0.5) is 15.0 Å². The normalized spacial score (nSPS) is 11.8. The van der Waals surface area contributed by atoms with Crippen molar-refractivity contribution in [1.82, 2.24) is 25.5 Å². The first-order chi connectivity index (χ1) is 14.5. The lowest BCUT2D eigenvalue weighted by Gasteiger charge is -2.14. The third kappa shape index (κ3) is 4.04. The van der Waals surface area contributed by atoms with Crippen LogP contribution in [0.3, 0.4) is 0 Å². The van der Waals surface area contributed by atoms with E-state index in [4.69, 9.17) is 4.74 Å². The molecule has 0 saturated carbocycles. The number of aromatic nitrogens is 4. The standard InChI is InChI=1S/C21H19FN6O2/c1-12(13-3-5-15(22)6-4-13)25-21(29)26-18-10-17-16(11-24-18)20(28-27-17)14-7-8-23-19(9-14)30-2/h3-12H,1-2H3,(H,27,28)(H2,24,25,26,29). The third-order valence-electron chi connectivity index (χ3n) is 4.62. The molecule has 30 heavy (non-hydrogen) atoms. The third-order valence-corrected chi connectivity index (χ3v) is 4.62. The van der Waals surface area contributed by atoms with Gasteiger partial charge >= 0.3 is 6.03 Å². The van der Waals surface area contributed by atoms with E-state index < -0.39 is 6.03 Å². The molecular formula is C21H19FN6O2. The Bertz CT molecular complexity index is 1190. The number of anilines is 1. The number of pyridine rings is 2. The van der Waals surface area contributed by atoms with Crippen LogP contribution in [0.2, 0.25) is 0 Å². The van der Waals surface area contributed by atoms with E-state index in [9.17, 15) is 9.18 Å². The lowest BCUT2D eigenvalue weighted by Crippen LogP contribution is -2.31. The molecule has 0 aliphatic heterocycles. The maximum Gasteiger partial charge on any atom is 0.320 e. The van der Waals surface area contributed by atoms with E-state index in [-0.39, 0.29) is 11.9 Å². The predicted molar refractivity (Wildman–Crippen MR) is 111 cm³/mol. The molecule has 0 saturated heterocycles. The molecule has 3 aromatic heterocycles. The fourth-order valence-corrected chi connectivity index (χ4v) is 3.05. The molecular weight excluding hydrogens is 387 g/mol. The Labute approximate surface area is 171 Å². The Balaban J connectivity index is 1.48. The Kier molecular flexibility index (Phi) is 5.25. The number of fused-ring (bicyclic) bond motifs is 1. The van der Waals surface area contributed by atoms with E-state index in [0.29, 0.717) is 17.4 Å². The summed E-state index contributed by atoms with van der Waals surface area (Å²) in [6.07, 6.45) is 3.28. The molecule has 2 amide bonds. The van der Waals surface area contributed by atoms with Crippen molar-refractivity contribution >= 4 is 22.8 Å². The van der Waals surface area contributed by atoms with E-state index in [2.05, 4.69) is 30.8 Å². The van der Waals surface area contributed by atoms with Crippen LogP contribution in [0.5, 0.6) is 5.88 Å². The smallest absolute Gasteiger partial charge is 0.320 e. The summed E-state index contributed by atoms with van der Waals surface area (Å²) in [5.41, 5.74) is 3.05. The number of benzene rings is 1. The first-order valence-corrected chi connectivity index (χ1v) is 9.21. The highest BCUT2D eigenvalue weighted by Crippen LogP contribution is 2.28. The molecule has 0 spiro atoms. The van der Waals surface area contributed by atoms with Crippen LogP contribution in [-0.4, -0.2) is 33.3 Å². The number of rotatable bonds is 5. The monoisotopic (exact) mass is 406 g/mol. The summed E-state index contributed by atoms with van der Waals surface area (Å²) in [6, 6.07) is 10.6. The second kappa shape index (κ2) is 8.16. The summed E-state index contributed by atoms with van der Waals surface area (Å²) < 4.78 is 18.2. The first kappa shape index (κ1) is 19.3. The average Bonchev–Trinajstić information content (AvgIpc) is 3.17. The van der Waals surface area contributed by atoms with E-state index in [1.807, 2.05) is 13.0 Å². The lowest BCUT2D eigenvalue weighted by atomic mass is 10.1. The molecule has 0 aliphatic carbocycles. The molecule has 1 unspecified atom stereocenters. The van der Waals surface area contributed by atoms with Gasteiger partial charge in [-0.1, -0.05) is 12.1 Å². The van der Waals surface area contributed by atoms with Crippen LogP contribution in [0.25, 0.3) is 22.2 Å². The number of aromatic amines is 1. The molecule has 152 valence electrons. The minimum Gasteiger partial charge on any atom is -0.481 e. The molecule has 0 bridgehead atoms. The molecule has 0 fully saturated rings. The minimum absolute atomic E-state index is 0.297. The number of hydrogen-bond acceptors (Lipinski definition) is 5. The largest absolute Gasteiger partial charge is 0.481 e. The van der Waals surface area contributed by atoms with Crippen LogP contribution in [0, 0.1) is 5.82 Å². The van der Waals surface area contributed by atoms with Gasteiger partial charge in [-0.2, -0.15) is 5.10 Å². The topological polar surface area (TPSA) is 105 Å². The Morgan fingerprint density at radius 2 is 1.97 bits per heavy atom. The van der Waals surface area contributed by atoms with Crippen LogP contribution >= 0.6 is 0 Å². The SMILES string of the molecule is COc1cc(-c2n[nH]c3cc(NC(=O)NC(C)c4ccc(F)cc4)ncc23)ccn1. The predicted octanol–water partition coefficient (Wildman–Crippen LogP) is 4.05. The fraction of sp³-hybridized carbons (Fsp3) is 0.143. The summed E-state index contributed by atoms with van der Waals surface area (Å²) in [7, 11) is 1.55. The van der Waals surface area contributed by atoms with Crippen LogP contribution in [0.1, 0.15) is 18.5 Å². The number of carbonyl (C=O) groups is 1. The Hall–Kier alpha value is -4.01. The van der Waals surface area contributed by atoms with Crippen molar-refractivity contribution in [2.75, 3.05) is 12.4 Å². The number of halogens is 1. The van der Waals surface area contributed by atoms with Crippen molar-refractivity contribution in [2.45, 2.75) is 13.0 Å². The number of nitrogens with zero attached hydrogens (tertiary/aromatic N) is 3. The maximum atomic E-state index is 13.1. The zero-order valence-corrected chi connectivity index (χ0v) is 16.3. The van der Waals surface area contributed by atoms with Gasteiger partial charge in [0.15, 0.2) is 0 Å². The molecule has 1 atom stereocenters. The summed E-state index contributed by atoms with van der Waals surface area (Å²) in [6.45, 7) is 1.81. The molecule has 4 aromatic rings. The van der Waals surface area contributed by atoms with Gasteiger partial charge in [-0.05, 0) is 30.7 Å². The highest BCUT2D eigenvalue weighted by Gasteiger charge is 2.13. The summed E-state index contributed by atoms with van der Waals surface area (Å²) in [4.78, 5) is 20.7. The van der Waals surface area contributed by atoms with Crippen LogP contribution < -0.4 is 15.4 Å². The van der Waals surface area contributed by atoms with Crippen LogP contribution in [-0.2, 0) is 0 Å². The van der Waals surface area contributed by atoms with Gasteiger partial charge in [0.25, 0.3) is 0 Å². The van der Waals surface area contributed by atoms with Crippen molar-refractivity contribution < 1.29 is 13.9 Å². The number of urea groups is 1. The summed E-state index contributed by atoms with van der Waals surface area (Å²) in [5.74, 6) is 0.535. The van der Waals surface area contributed by atoms with E-state index in [1.54, 1.807) is 43.8 Å². The van der Waals surface area contributed by atoms with Gasteiger partial charge in [-0.3, -0.25) is 10.4 Å². The highest BCUT2D eigenvalue weighted by atomic mass is 19.1. The number of ether oxygens (including phenoxy) is 1. The van der Waals surface area contributed by atoms with Crippen molar-refractivity contribution in [3.8, 4) is 17.1 Å². The Morgan fingerprint density at radius 3 is 2.73 bits per heavy atom. The molecule has 3 heterocycles. The van der Waals surface area contributed by atoms with E-state index in [1.165, 1.54) is 12.1 Å². The molecule has 4 rings (SSSR count). The average molecular weight is 406 g/mol. The van der Waals surface area contributed by atoms with Gasteiger partial charge in [-0.25, -0.2) is 19.2 Å². The highest BCUT2D eigenvalue weighted by molar-refractivity contribution is 5.95. The molecule has 3 N–H and O–H groups in total. The first-order valence-electron chi connectivity index (χ1n) is 9.21. The number of hydrogen-bond donors (Lipinski definition) is 3. The van der Waals surface area contributed by atoms with Gasteiger partial charge in [0, 0.05) is 35.5 Å². The van der Waals surface area contributed by atoms with Crippen molar-refractivity contribution in [3.05, 3.63) is 66.2 Å². The maximum absolute atomic E-state index is 13.1. The van der Waals surface area contributed by atoms with Gasteiger partial charge < -0.3 is 10.1 Å². The van der Waals surface area contributed by atoms with E-state index in [0.717, 1.165) is 22.0 Å². The zero-order chi connectivity index (χ0) is 21.1.